The van der Waals surface area contributed by atoms with E-state index in [1.165, 1.54) is 11.1 Å². The van der Waals surface area contributed by atoms with Gasteiger partial charge in [-0.05, 0) is 49.9 Å². The quantitative estimate of drug-likeness (QED) is 0.534. The molecule has 0 fully saturated rings. The number of aromatic nitrogens is 3. The predicted octanol–water partition coefficient (Wildman–Crippen LogP) is 3.93. The lowest BCUT2D eigenvalue weighted by molar-refractivity contribution is 0.100. The smallest absolute Gasteiger partial charge is 0.249 e. The summed E-state index contributed by atoms with van der Waals surface area (Å²) in [5, 5.41) is 4.35. The molecule has 6 heteroatoms. The van der Waals surface area contributed by atoms with Crippen LogP contribution in [0, 0.1) is 6.92 Å². The molecule has 0 spiro atoms. The van der Waals surface area contributed by atoms with E-state index in [0.29, 0.717) is 18.1 Å². The van der Waals surface area contributed by atoms with Crippen molar-refractivity contribution in [3.63, 3.8) is 0 Å². The molecule has 1 amide bonds. The molecular weight excluding hydrogens is 374 g/mol. The fourth-order valence-corrected chi connectivity index (χ4v) is 4.29. The van der Waals surface area contributed by atoms with Crippen LogP contribution in [-0.2, 0) is 19.4 Å². The van der Waals surface area contributed by atoms with E-state index in [4.69, 9.17) is 15.7 Å². The Hall–Kier alpha value is -3.67. The Kier molecular flexibility index (Phi) is 4.47. The zero-order chi connectivity index (χ0) is 20.7. The fraction of sp³-hybridized carbons (Fsp3) is 0.208. The van der Waals surface area contributed by atoms with Crippen LogP contribution < -0.4 is 11.1 Å². The van der Waals surface area contributed by atoms with E-state index in [1.807, 2.05) is 47.9 Å². The van der Waals surface area contributed by atoms with Crippen molar-refractivity contribution in [2.24, 2.45) is 5.73 Å². The molecule has 0 saturated carbocycles. The zero-order valence-corrected chi connectivity index (χ0v) is 16.9. The van der Waals surface area contributed by atoms with Crippen molar-refractivity contribution in [2.75, 3.05) is 5.32 Å². The van der Waals surface area contributed by atoms with Gasteiger partial charge in [-0.15, -0.1) is 0 Å². The zero-order valence-electron chi connectivity index (χ0n) is 16.9. The third kappa shape index (κ3) is 3.10. The topological polar surface area (TPSA) is 85.8 Å². The molecule has 3 N–H and O–H groups in total. The Labute approximate surface area is 174 Å². The van der Waals surface area contributed by atoms with Crippen LogP contribution in [-0.4, -0.2) is 20.4 Å². The first kappa shape index (κ1) is 18.4. The normalized spacial score (nSPS) is 12.8. The Bertz CT molecular complexity index is 1260. The summed E-state index contributed by atoms with van der Waals surface area (Å²) in [7, 11) is 0. The highest BCUT2D eigenvalue weighted by Gasteiger charge is 2.22. The fourth-order valence-electron chi connectivity index (χ4n) is 4.29. The van der Waals surface area contributed by atoms with Crippen LogP contribution in [0.25, 0.3) is 16.9 Å². The molecule has 150 valence electrons. The predicted molar refractivity (Wildman–Crippen MR) is 118 cm³/mol. The van der Waals surface area contributed by atoms with Crippen molar-refractivity contribution in [1.82, 2.24) is 14.5 Å². The molecule has 1 aliphatic rings. The highest BCUT2D eigenvalue weighted by Crippen LogP contribution is 2.30. The van der Waals surface area contributed by atoms with Crippen molar-refractivity contribution in [3.8, 4) is 5.95 Å². The molecule has 2 heterocycles. The van der Waals surface area contributed by atoms with Gasteiger partial charge in [0.15, 0.2) is 0 Å². The van der Waals surface area contributed by atoms with E-state index in [2.05, 4.69) is 17.4 Å². The van der Waals surface area contributed by atoms with Crippen LogP contribution in [0.15, 0.2) is 54.6 Å². The maximum absolute atomic E-state index is 11.9. The van der Waals surface area contributed by atoms with Gasteiger partial charge in [0.2, 0.25) is 11.9 Å². The molecule has 30 heavy (non-hydrogen) atoms. The first-order valence-corrected chi connectivity index (χ1v) is 10.2. The molecule has 0 atom stereocenters. The van der Waals surface area contributed by atoms with Crippen LogP contribution in [0.2, 0.25) is 0 Å². The van der Waals surface area contributed by atoms with Crippen molar-refractivity contribution >= 4 is 22.6 Å². The third-order valence-corrected chi connectivity index (χ3v) is 5.72. The first-order chi connectivity index (χ1) is 14.6. The van der Waals surface area contributed by atoms with E-state index in [-0.39, 0.29) is 0 Å². The number of primary amides is 1. The molecule has 6 nitrogen and oxygen atoms in total. The van der Waals surface area contributed by atoms with E-state index >= 15 is 0 Å². The largest absolute Gasteiger partial charge is 0.366 e. The number of nitrogens with two attached hydrogens (primary N) is 1. The second kappa shape index (κ2) is 7.30. The summed E-state index contributed by atoms with van der Waals surface area (Å²) in [5.74, 6) is 1.09. The summed E-state index contributed by atoms with van der Waals surface area (Å²) in [6.45, 7) is 2.71. The first-order valence-electron chi connectivity index (χ1n) is 10.2. The van der Waals surface area contributed by atoms with Gasteiger partial charge in [-0.2, -0.15) is 4.98 Å². The summed E-state index contributed by atoms with van der Waals surface area (Å²) in [5.41, 5.74) is 11.5. The monoisotopic (exact) mass is 397 g/mol. The third-order valence-electron chi connectivity index (χ3n) is 5.72. The summed E-state index contributed by atoms with van der Waals surface area (Å²) in [4.78, 5) is 21.7. The number of anilines is 1. The molecule has 0 bridgehead atoms. The van der Waals surface area contributed by atoms with Crippen molar-refractivity contribution in [2.45, 2.75) is 32.7 Å². The molecule has 5 rings (SSSR count). The average molecular weight is 397 g/mol. The summed E-state index contributed by atoms with van der Waals surface area (Å²) in [6.07, 6.45) is 3.03. The number of aryl methyl sites for hydroxylation is 2. The maximum Gasteiger partial charge on any atom is 0.249 e. The Balaban J connectivity index is 1.61. The van der Waals surface area contributed by atoms with E-state index in [1.54, 1.807) is 6.07 Å². The second-order valence-corrected chi connectivity index (χ2v) is 7.71. The summed E-state index contributed by atoms with van der Waals surface area (Å²) in [6, 6.07) is 17.9. The highest BCUT2D eigenvalue weighted by molar-refractivity contribution is 6.06. The van der Waals surface area contributed by atoms with Crippen LogP contribution >= 0.6 is 0 Å². The average Bonchev–Trinajstić information content (AvgIpc) is 3.35. The highest BCUT2D eigenvalue weighted by atomic mass is 16.1. The number of carbonyl (C=O) groups is 1. The van der Waals surface area contributed by atoms with Gasteiger partial charge in [-0.1, -0.05) is 36.4 Å². The molecule has 2 aromatic carbocycles. The minimum absolute atomic E-state index is 0.433. The van der Waals surface area contributed by atoms with Crippen LogP contribution in [0.4, 0.5) is 5.82 Å². The van der Waals surface area contributed by atoms with Gasteiger partial charge in [-0.3, -0.25) is 9.36 Å². The van der Waals surface area contributed by atoms with E-state index < -0.39 is 5.91 Å². The van der Waals surface area contributed by atoms with Crippen molar-refractivity contribution in [3.05, 3.63) is 82.7 Å². The minimum Gasteiger partial charge on any atom is -0.366 e. The van der Waals surface area contributed by atoms with Gasteiger partial charge in [0.25, 0.3) is 0 Å². The number of rotatable bonds is 5. The number of amides is 1. The maximum atomic E-state index is 11.9. The summed E-state index contributed by atoms with van der Waals surface area (Å²) >= 11 is 0. The van der Waals surface area contributed by atoms with Crippen LogP contribution in [0.1, 0.15) is 39.3 Å². The van der Waals surface area contributed by atoms with Gasteiger partial charge in [-0.25, -0.2) is 4.98 Å². The Morgan fingerprint density at radius 2 is 1.93 bits per heavy atom. The molecular formula is C24H23N5O. The van der Waals surface area contributed by atoms with Gasteiger partial charge >= 0.3 is 0 Å². The number of nitrogens with zero attached hydrogens (tertiary/aromatic N) is 3. The van der Waals surface area contributed by atoms with E-state index in [0.717, 1.165) is 47.4 Å². The lowest BCUT2D eigenvalue weighted by Gasteiger charge is -2.14. The van der Waals surface area contributed by atoms with Crippen LogP contribution in [0.5, 0.6) is 0 Å². The number of hydrogen-bond donors (Lipinski definition) is 2. The number of hydrogen-bond acceptors (Lipinski definition) is 4. The van der Waals surface area contributed by atoms with Crippen LogP contribution in [0.3, 0.4) is 0 Å². The molecule has 0 radical (unpaired) electrons. The van der Waals surface area contributed by atoms with Gasteiger partial charge < -0.3 is 11.1 Å². The summed E-state index contributed by atoms with van der Waals surface area (Å²) < 4.78 is 2.01. The molecule has 0 aliphatic heterocycles. The molecule has 0 unspecified atom stereocenters. The Morgan fingerprint density at radius 3 is 2.73 bits per heavy atom. The van der Waals surface area contributed by atoms with E-state index in [9.17, 15) is 4.79 Å². The number of nitrogens with one attached hydrogen (secondary N) is 1. The number of carbonyl (C=O) groups excluding carboxylic acids is 1. The molecule has 4 aromatic rings. The molecule has 2 aromatic heterocycles. The standard InChI is InChI=1S/C24H23N5O/c1-15-13-19-17(22(25)30)9-6-12-21(19)29(15)24-27-20-11-5-10-18(20)23(28-24)26-14-16-7-3-2-4-8-16/h2-4,6-9,12-13H,5,10-11,14H2,1H3,(H2,25,30)(H,26,27,28). The lowest BCUT2D eigenvalue weighted by atomic mass is 10.1. The number of benzene rings is 2. The van der Waals surface area contributed by atoms with Crippen molar-refractivity contribution in [1.29, 1.82) is 0 Å². The lowest BCUT2D eigenvalue weighted by Crippen LogP contribution is -2.12. The minimum atomic E-state index is -0.433. The van der Waals surface area contributed by atoms with Gasteiger partial charge in [0.05, 0.1) is 11.2 Å². The molecule has 1 aliphatic carbocycles. The van der Waals surface area contributed by atoms with Gasteiger partial charge in [0.1, 0.15) is 5.82 Å². The number of fused-ring (bicyclic) bond motifs is 2. The molecule has 0 saturated heterocycles. The Morgan fingerprint density at radius 1 is 1.10 bits per heavy atom. The second-order valence-electron chi connectivity index (χ2n) is 7.71. The van der Waals surface area contributed by atoms with Crippen molar-refractivity contribution < 1.29 is 4.79 Å². The SMILES string of the molecule is Cc1cc2c(C(N)=O)cccc2n1-c1nc2c(c(NCc3ccccc3)n1)CCC2. The van der Waals surface area contributed by atoms with Gasteiger partial charge in [0, 0.05) is 28.8 Å².